The van der Waals surface area contributed by atoms with Gasteiger partial charge in [0, 0.05) is 5.56 Å². The maximum Gasteiger partial charge on any atom is 0.143 e. The first-order chi connectivity index (χ1) is 9.16. The minimum absolute atomic E-state index is 0.335. The first kappa shape index (κ1) is 16.6. The van der Waals surface area contributed by atoms with E-state index in [1.54, 1.807) is 18.2 Å². The molecule has 0 spiro atoms. The zero-order valence-electron chi connectivity index (χ0n) is 11.7. The van der Waals surface area contributed by atoms with Gasteiger partial charge in [0.15, 0.2) is 0 Å². The van der Waals surface area contributed by atoms with Gasteiger partial charge in [-0.1, -0.05) is 64.0 Å². The molecule has 0 amide bonds. The van der Waals surface area contributed by atoms with Crippen LogP contribution in [0.25, 0.3) is 0 Å². The van der Waals surface area contributed by atoms with Crippen LogP contribution in [0.3, 0.4) is 0 Å². The predicted octanol–water partition coefficient (Wildman–Crippen LogP) is 5.76. The Morgan fingerprint density at radius 3 is 2.42 bits per heavy atom. The van der Waals surface area contributed by atoms with Crippen molar-refractivity contribution in [2.75, 3.05) is 0 Å². The fourth-order valence-corrected chi connectivity index (χ4v) is 2.61. The maximum absolute atomic E-state index is 13.8. The van der Waals surface area contributed by atoms with E-state index >= 15 is 0 Å². The van der Waals surface area contributed by atoms with Gasteiger partial charge in [-0.3, -0.25) is 0 Å². The molecule has 0 aliphatic rings. The van der Waals surface area contributed by atoms with Gasteiger partial charge >= 0.3 is 0 Å². The molecule has 0 fully saturated rings. The van der Waals surface area contributed by atoms with Crippen LogP contribution in [0.4, 0.5) is 4.39 Å². The molecule has 1 aromatic rings. The number of benzene rings is 1. The van der Waals surface area contributed by atoms with Crippen molar-refractivity contribution < 1.29 is 9.50 Å². The quantitative estimate of drug-likeness (QED) is 0.570. The number of aliphatic hydroxyl groups excluding tert-OH is 1. The lowest BCUT2D eigenvalue weighted by Gasteiger charge is -2.12. The summed E-state index contributed by atoms with van der Waals surface area (Å²) in [5, 5.41) is 10.0. The molecular formula is C16H24BrFO. The molecule has 1 nitrogen and oxygen atoms in total. The third-order valence-electron chi connectivity index (χ3n) is 3.42. The first-order valence-corrected chi connectivity index (χ1v) is 8.08. The van der Waals surface area contributed by atoms with E-state index in [9.17, 15) is 9.50 Å². The monoisotopic (exact) mass is 330 g/mol. The highest BCUT2D eigenvalue weighted by molar-refractivity contribution is 9.10. The Morgan fingerprint density at radius 2 is 1.74 bits per heavy atom. The molecule has 0 saturated carbocycles. The van der Waals surface area contributed by atoms with Crippen LogP contribution >= 0.6 is 15.9 Å². The van der Waals surface area contributed by atoms with Crippen molar-refractivity contribution in [2.24, 2.45) is 0 Å². The zero-order valence-corrected chi connectivity index (χ0v) is 13.3. The number of rotatable bonds is 9. The van der Waals surface area contributed by atoms with Crippen LogP contribution < -0.4 is 0 Å². The SMILES string of the molecule is CCCCCCCCCC(O)c1cccc(Br)c1F. The summed E-state index contributed by atoms with van der Waals surface area (Å²) < 4.78 is 14.2. The standard InChI is InChI=1S/C16H24BrFO/c1-2-3-4-5-6-7-8-12-15(19)13-10-9-11-14(17)16(13)18/h9-11,15,19H,2-8,12H2,1H3. The average molecular weight is 331 g/mol. The Labute approximate surface area is 124 Å². The Bertz CT molecular complexity index is 368. The fourth-order valence-electron chi connectivity index (χ4n) is 2.23. The lowest BCUT2D eigenvalue weighted by atomic mass is 10.0. The summed E-state index contributed by atoms with van der Waals surface area (Å²) in [6.07, 6.45) is 8.40. The summed E-state index contributed by atoms with van der Waals surface area (Å²) in [7, 11) is 0. The second kappa shape index (κ2) is 9.49. The number of hydrogen-bond donors (Lipinski definition) is 1. The smallest absolute Gasteiger partial charge is 0.143 e. The summed E-state index contributed by atoms with van der Waals surface area (Å²) in [5.41, 5.74) is 0.403. The van der Waals surface area contributed by atoms with Crippen molar-refractivity contribution in [3.63, 3.8) is 0 Å². The third kappa shape index (κ3) is 6.05. The molecule has 0 aromatic heterocycles. The van der Waals surface area contributed by atoms with E-state index in [-0.39, 0.29) is 5.82 Å². The van der Waals surface area contributed by atoms with Crippen LogP contribution in [0, 0.1) is 5.82 Å². The number of aliphatic hydroxyl groups is 1. The molecule has 1 unspecified atom stereocenters. The van der Waals surface area contributed by atoms with E-state index < -0.39 is 6.10 Å². The van der Waals surface area contributed by atoms with E-state index in [4.69, 9.17) is 0 Å². The van der Waals surface area contributed by atoms with Gasteiger partial charge < -0.3 is 5.11 Å². The van der Waals surface area contributed by atoms with E-state index in [2.05, 4.69) is 22.9 Å². The maximum atomic E-state index is 13.8. The topological polar surface area (TPSA) is 20.2 Å². The summed E-state index contributed by atoms with van der Waals surface area (Å²) in [5.74, 6) is -0.335. The van der Waals surface area contributed by atoms with Gasteiger partial charge in [0.2, 0.25) is 0 Å². The summed E-state index contributed by atoms with van der Waals surface area (Å²) in [4.78, 5) is 0. The van der Waals surface area contributed by atoms with Crippen LogP contribution in [0.5, 0.6) is 0 Å². The van der Waals surface area contributed by atoms with Gasteiger partial charge in [-0.05, 0) is 28.4 Å². The molecule has 1 rings (SSSR count). The van der Waals surface area contributed by atoms with Crippen molar-refractivity contribution >= 4 is 15.9 Å². The minimum atomic E-state index is -0.687. The first-order valence-electron chi connectivity index (χ1n) is 7.28. The molecule has 3 heteroatoms. The Kier molecular flexibility index (Phi) is 8.31. The van der Waals surface area contributed by atoms with Crippen LogP contribution in [0.2, 0.25) is 0 Å². The van der Waals surface area contributed by atoms with Crippen LogP contribution in [-0.2, 0) is 0 Å². The van der Waals surface area contributed by atoms with Crippen LogP contribution in [0.1, 0.15) is 70.0 Å². The average Bonchev–Trinajstić information content (AvgIpc) is 2.40. The molecule has 19 heavy (non-hydrogen) atoms. The highest BCUT2D eigenvalue weighted by Gasteiger charge is 2.14. The largest absolute Gasteiger partial charge is 0.388 e. The van der Waals surface area contributed by atoms with Gasteiger partial charge in [0.25, 0.3) is 0 Å². The molecule has 0 radical (unpaired) electrons. The molecule has 0 aliphatic heterocycles. The molecule has 1 aromatic carbocycles. The molecular weight excluding hydrogens is 307 g/mol. The number of halogens is 2. The van der Waals surface area contributed by atoms with Crippen molar-refractivity contribution in [3.8, 4) is 0 Å². The molecule has 0 saturated heterocycles. The predicted molar refractivity (Wildman–Crippen MR) is 81.7 cm³/mol. The van der Waals surface area contributed by atoms with Crippen LogP contribution in [0.15, 0.2) is 22.7 Å². The summed E-state index contributed by atoms with van der Waals surface area (Å²) >= 11 is 3.15. The van der Waals surface area contributed by atoms with Gasteiger partial charge in [0.05, 0.1) is 10.6 Å². The molecule has 108 valence electrons. The molecule has 0 aliphatic carbocycles. The molecule has 0 bridgehead atoms. The van der Waals surface area contributed by atoms with E-state index in [0.717, 1.165) is 12.8 Å². The number of unbranched alkanes of at least 4 members (excludes halogenated alkanes) is 6. The van der Waals surface area contributed by atoms with E-state index in [1.807, 2.05) is 0 Å². The lowest BCUT2D eigenvalue weighted by molar-refractivity contribution is 0.158. The minimum Gasteiger partial charge on any atom is -0.388 e. The highest BCUT2D eigenvalue weighted by Crippen LogP contribution is 2.27. The summed E-state index contributed by atoms with van der Waals surface area (Å²) in [6.45, 7) is 2.21. The number of hydrogen-bond acceptors (Lipinski definition) is 1. The Hall–Kier alpha value is -0.410. The van der Waals surface area contributed by atoms with Crippen LogP contribution in [-0.4, -0.2) is 5.11 Å². The van der Waals surface area contributed by atoms with E-state index in [1.165, 1.54) is 32.1 Å². The van der Waals surface area contributed by atoms with E-state index in [0.29, 0.717) is 16.5 Å². The second-order valence-corrected chi connectivity index (χ2v) is 5.92. The van der Waals surface area contributed by atoms with Crippen molar-refractivity contribution in [3.05, 3.63) is 34.1 Å². The Balaban J connectivity index is 2.24. The third-order valence-corrected chi connectivity index (χ3v) is 4.03. The van der Waals surface area contributed by atoms with Gasteiger partial charge in [-0.15, -0.1) is 0 Å². The van der Waals surface area contributed by atoms with Gasteiger partial charge in [-0.2, -0.15) is 0 Å². The molecule has 1 N–H and O–H groups in total. The normalized spacial score (nSPS) is 12.6. The van der Waals surface area contributed by atoms with Crippen molar-refractivity contribution in [1.82, 2.24) is 0 Å². The van der Waals surface area contributed by atoms with Gasteiger partial charge in [-0.25, -0.2) is 4.39 Å². The van der Waals surface area contributed by atoms with Gasteiger partial charge in [0.1, 0.15) is 5.82 Å². The zero-order chi connectivity index (χ0) is 14.1. The summed E-state index contributed by atoms with van der Waals surface area (Å²) in [6, 6.07) is 5.07. The highest BCUT2D eigenvalue weighted by atomic mass is 79.9. The molecule has 0 heterocycles. The molecule has 1 atom stereocenters. The lowest BCUT2D eigenvalue weighted by Crippen LogP contribution is -2.01. The Morgan fingerprint density at radius 1 is 1.11 bits per heavy atom. The van der Waals surface area contributed by atoms with Crippen molar-refractivity contribution in [2.45, 2.75) is 64.4 Å². The second-order valence-electron chi connectivity index (χ2n) is 5.07. The fraction of sp³-hybridized carbons (Fsp3) is 0.625. The van der Waals surface area contributed by atoms with Crippen molar-refractivity contribution in [1.29, 1.82) is 0 Å².